The Morgan fingerprint density at radius 3 is 3.05 bits per heavy atom. The fourth-order valence-corrected chi connectivity index (χ4v) is 5.72. The largest absolute Gasteiger partial charge is 0.379 e. The van der Waals surface area contributed by atoms with Crippen LogP contribution in [0, 0.1) is 0 Å². The number of rotatable bonds is 3. The molecule has 3 N–H and O–H groups in total. The van der Waals surface area contributed by atoms with Crippen LogP contribution in [-0.2, 0) is 21.2 Å². The van der Waals surface area contributed by atoms with Crippen molar-refractivity contribution in [3.63, 3.8) is 0 Å². The molecule has 19 heavy (non-hydrogen) atoms. The van der Waals surface area contributed by atoms with Crippen LogP contribution in [0.15, 0.2) is 15.7 Å². The van der Waals surface area contributed by atoms with Crippen LogP contribution >= 0.6 is 22.7 Å². The lowest BCUT2D eigenvalue weighted by Gasteiger charge is -2.23. The average Bonchev–Trinajstić information content (AvgIpc) is 2.92. The van der Waals surface area contributed by atoms with Crippen molar-refractivity contribution in [2.45, 2.75) is 16.7 Å². The van der Waals surface area contributed by atoms with Crippen LogP contribution in [0.2, 0.25) is 0 Å². The molecule has 0 saturated carbocycles. The molecule has 0 aliphatic carbocycles. The minimum absolute atomic E-state index is 0.145. The van der Waals surface area contributed by atoms with Gasteiger partial charge in [0.05, 0.1) is 17.2 Å². The van der Waals surface area contributed by atoms with Crippen LogP contribution in [0.5, 0.6) is 0 Å². The Labute approximate surface area is 119 Å². The van der Waals surface area contributed by atoms with Crippen LogP contribution in [0.1, 0.15) is 5.56 Å². The second-order valence-electron chi connectivity index (χ2n) is 4.46. The van der Waals surface area contributed by atoms with E-state index in [1.165, 1.54) is 11.3 Å². The molecule has 1 saturated heterocycles. The third-order valence-electron chi connectivity index (χ3n) is 3.09. The Kier molecular flexibility index (Phi) is 3.63. The number of nitrogens with one attached hydrogen (secondary N) is 1. The van der Waals surface area contributed by atoms with Gasteiger partial charge in [-0.25, -0.2) is 13.6 Å². The van der Waals surface area contributed by atoms with Crippen LogP contribution in [-0.4, -0.2) is 34.2 Å². The summed E-state index contributed by atoms with van der Waals surface area (Å²) >= 11 is 2.81. The number of sulfonamides is 1. The highest BCUT2D eigenvalue weighted by Crippen LogP contribution is 2.38. The summed E-state index contributed by atoms with van der Waals surface area (Å²) in [4.78, 5) is 0. The average molecular weight is 318 g/mol. The summed E-state index contributed by atoms with van der Waals surface area (Å²) in [5, 5.41) is 11.6. The first-order valence-corrected chi connectivity index (χ1v) is 9.13. The monoisotopic (exact) mass is 318 g/mol. The second-order valence-corrected chi connectivity index (χ2v) is 8.42. The molecule has 2 aromatic rings. The maximum absolute atomic E-state index is 11.7. The first kappa shape index (κ1) is 13.5. The number of morpholine rings is 1. The number of ether oxygens (including phenoxy) is 1. The fourth-order valence-electron chi connectivity index (χ4n) is 2.27. The number of fused-ring (bicyclic) bond motifs is 1. The van der Waals surface area contributed by atoms with Gasteiger partial charge >= 0.3 is 0 Å². The zero-order chi connectivity index (χ0) is 13.5. The van der Waals surface area contributed by atoms with E-state index < -0.39 is 10.0 Å². The maximum Gasteiger partial charge on any atom is 0.247 e. The number of primary sulfonamides is 1. The first-order chi connectivity index (χ1) is 9.05. The normalized spacial score (nSPS) is 21.0. The topological polar surface area (TPSA) is 81.4 Å². The Bertz CT molecular complexity index is 683. The minimum Gasteiger partial charge on any atom is -0.379 e. The smallest absolute Gasteiger partial charge is 0.247 e. The Hall–Kier alpha value is -0.510. The van der Waals surface area contributed by atoms with E-state index in [1.807, 2.05) is 11.4 Å². The molecular weight excluding hydrogens is 304 g/mol. The molecule has 0 aromatic carbocycles. The van der Waals surface area contributed by atoms with Crippen molar-refractivity contribution in [3.8, 4) is 0 Å². The molecule has 104 valence electrons. The van der Waals surface area contributed by atoms with Gasteiger partial charge in [0.15, 0.2) is 0 Å². The summed E-state index contributed by atoms with van der Waals surface area (Å²) in [5.74, 6) is 0. The van der Waals surface area contributed by atoms with Crippen molar-refractivity contribution < 1.29 is 13.2 Å². The van der Waals surface area contributed by atoms with E-state index in [4.69, 9.17) is 9.88 Å². The van der Waals surface area contributed by atoms with Crippen molar-refractivity contribution in [1.29, 1.82) is 0 Å². The zero-order valence-electron chi connectivity index (χ0n) is 10.1. The van der Waals surface area contributed by atoms with E-state index in [1.54, 1.807) is 11.3 Å². The SMILES string of the molecule is NS(=O)(=O)c1sc2sccc2c1CC1COCCN1. The second kappa shape index (κ2) is 5.12. The maximum atomic E-state index is 11.7. The Morgan fingerprint density at radius 2 is 2.37 bits per heavy atom. The lowest BCUT2D eigenvalue weighted by Crippen LogP contribution is -2.42. The van der Waals surface area contributed by atoms with E-state index in [0.717, 1.165) is 21.5 Å². The van der Waals surface area contributed by atoms with Crippen LogP contribution in [0.3, 0.4) is 0 Å². The molecule has 3 heterocycles. The van der Waals surface area contributed by atoms with Crippen molar-refractivity contribution in [3.05, 3.63) is 17.0 Å². The molecule has 1 aliphatic heterocycles. The summed E-state index contributed by atoms with van der Waals surface area (Å²) in [7, 11) is -3.66. The van der Waals surface area contributed by atoms with Gasteiger partial charge in [0.2, 0.25) is 10.0 Å². The third kappa shape index (κ3) is 2.69. The fraction of sp³-hybridized carbons (Fsp3) is 0.455. The highest BCUT2D eigenvalue weighted by atomic mass is 32.2. The van der Waals surface area contributed by atoms with E-state index in [-0.39, 0.29) is 6.04 Å². The van der Waals surface area contributed by atoms with Crippen molar-refractivity contribution >= 4 is 42.1 Å². The van der Waals surface area contributed by atoms with E-state index in [9.17, 15) is 8.42 Å². The summed E-state index contributed by atoms with van der Waals surface area (Å²) in [6.07, 6.45) is 0.627. The summed E-state index contributed by atoms with van der Waals surface area (Å²) in [6.45, 7) is 2.11. The number of nitrogens with two attached hydrogens (primary N) is 1. The Balaban J connectivity index is 2.01. The molecule has 1 atom stereocenters. The lowest BCUT2D eigenvalue weighted by molar-refractivity contribution is 0.0770. The molecule has 5 nitrogen and oxygen atoms in total. The van der Waals surface area contributed by atoms with Crippen molar-refractivity contribution in [2.24, 2.45) is 5.14 Å². The van der Waals surface area contributed by atoms with Crippen LogP contribution < -0.4 is 10.5 Å². The lowest BCUT2D eigenvalue weighted by atomic mass is 10.1. The molecule has 0 bridgehead atoms. The summed E-state index contributed by atoms with van der Waals surface area (Å²) in [6, 6.07) is 2.11. The van der Waals surface area contributed by atoms with Crippen LogP contribution in [0.4, 0.5) is 0 Å². The summed E-state index contributed by atoms with van der Waals surface area (Å²) < 4.78 is 30.1. The molecule has 1 fully saturated rings. The van der Waals surface area contributed by atoms with Gasteiger partial charge in [-0.3, -0.25) is 0 Å². The molecule has 3 rings (SSSR count). The van der Waals surface area contributed by atoms with Gasteiger partial charge < -0.3 is 10.1 Å². The highest BCUT2D eigenvalue weighted by molar-refractivity contribution is 7.91. The minimum atomic E-state index is -3.66. The molecule has 1 aliphatic rings. The van der Waals surface area contributed by atoms with Gasteiger partial charge in [-0.15, -0.1) is 22.7 Å². The van der Waals surface area contributed by atoms with Gasteiger partial charge in [0.1, 0.15) is 4.21 Å². The summed E-state index contributed by atoms with van der Waals surface area (Å²) in [5.41, 5.74) is 0.826. The standard InChI is InChI=1S/C11H14N2O3S3/c12-19(14,15)11-9(5-7-6-16-3-2-13-7)8-1-4-17-10(8)18-11/h1,4,7,13H,2-3,5-6H2,(H2,12,14,15). The van der Waals surface area contributed by atoms with Crippen LogP contribution in [0.25, 0.3) is 9.40 Å². The number of hydrogen-bond donors (Lipinski definition) is 2. The molecular formula is C11H14N2O3S3. The van der Waals surface area contributed by atoms with Gasteiger partial charge in [-0.2, -0.15) is 0 Å². The number of hydrogen-bond acceptors (Lipinski definition) is 6. The molecule has 0 spiro atoms. The van der Waals surface area contributed by atoms with Gasteiger partial charge in [0.25, 0.3) is 0 Å². The van der Waals surface area contributed by atoms with E-state index in [0.29, 0.717) is 23.8 Å². The highest BCUT2D eigenvalue weighted by Gasteiger charge is 2.24. The van der Waals surface area contributed by atoms with E-state index in [2.05, 4.69) is 5.32 Å². The van der Waals surface area contributed by atoms with Gasteiger partial charge in [0, 0.05) is 18.0 Å². The van der Waals surface area contributed by atoms with Crippen molar-refractivity contribution in [1.82, 2.24) is 5.32 Å². The first-order valence-electron chi connectivity index (χ1n) is 5.88. The van der Waals surface area contributed by atoms with Gasteiger partial charge in [-0.1, -0.05) is 0 Å². The third-order valence-corrected chi connectivity index (χ3v) is 6.89. The van der Waals surface area contributed by atoms with E-state index >= 15 is 0 Å². The number of thiophene rings is 2. The zero-order valence-corrected chi connectivity index (χ0v) is 12.5. The molecule has 8 heteroatoms. The van der Waals surface area contributed by atoms with Crippen molar-refractivity contribution in [2.75, 3.05) is 19.8 Å². The predicted octanol–water partition coefficient (Wildman–Crippen LogP) is 1.14. The predicted molar refractivity (Wildman–Crippen MR) is 77.4 cm³/mol. The molecule has 2 aromatic heterocycles. The molecule has 1 unspecified atom stereocenters. The molecule has 0 radical (unpaired) electrons. The van der Waals surface area contributed by atoms with Gasteiger partial charge in [-0.05, 0) is 23.4 Å². The Morgan fingerprint density at radius 1 is 1.53 bits per heavy atom. The quantitative estimate of drug-likeness (QED) is 0.889. The molecule has 0 amide bonds.